The molecule has 166 valence electrons. The molecular weight excluding hydrogens is 414 g/mol. The third kappa shape index (κ3) is 4.45. The van der Waals surface area contributed by atoms with Crippen LogP contribution in [0.2, 0.25) is 0 Å². The van der Waals surface area contributed by atoms with Crippen molar-refractivity contribution in [3.63, 3.8) is 0 Å². The summed E-state index contributed by atoms with van der Waals surface area (Å²) in [5.74, 6) is -1.22. The van der Waals surface area contributed by atoms with Crippen molar-refractivity contribution >= 4 is 11.6 Å². The molecule has 1 aliphatic rings. The molecule has 1 aliphatic heterocycles. The van der Waals surface area contributed by atoms with Gasteiger partial charge in [-0.05, 0) is 55.4 Å². The summed E-state index contributed by atoms with van der Waals surface area (Å²) in [4.78, 5) is 33.0. The average molecular weight is 438 g/mol. The van der Waals surface area contributed by atoms with Gasteiger partial charge in [0.2, 0.25) is 5.91 Å². The first kappa shape index (κ1) is 21.8. The number of carbonyl (C=O) groups is 1. The third-order valence-electron chi connectivity index (χ3n) is 5.64. The van der Waals surface area contributed by atoms with Crippen LogP contribution in [0.5, 0.6) is 0 Å². The van der Waals surface area contributed by atoms with E-state index in [0.717, 1.165) is 18.7 Å². The van der Waals surface area contributed by atoms with Crippen LogP contribution >= 0.6 is 0 Å². The highest BCUT2D eigenvalue weighted by molar-refractivity contribution is 5.91. The molecule has 0 saturated heterocycles. The van der Waals surface area contributed by atoms with E-state index in [1.165, 1.54) is 41.0 Å². The number of rotatable bonds is 5. The Morgan fingerprint density at radius 2 is 1.91 bits per heavy atom. The minimum absolute atomic E-state index is 0.0417. The Morgan fingerprint density at radius 3 is 2.59 bits per heavy atom. The molecule has 2 heterocycles. The lowest BCUT2D eigenvalue weighted by molar-refractivity contribution is -0.116. The topological polar surface area (TPSA) is 67.2 Å². The van der Waals surface area contributed by atoms with Crippen LogP contribution in [-0.4, -0.2) is 33.4 Å². The lowest BCUT2D eigenvalue weighted by Crippen LogP contribution is -2.39. The predicted octanol–water partition coefficient (Wildman–Crippen LogP) is 3.51. The van der Waals surface area contributed by atoms with Crippen LogP contribution in [0, 0.1) is 18.6 Å². The van der Waals surface area contributed by atoms with Gasteiger partial charge in [0, 0.05) is 25.1 Å². The number of benzene rings is 2. The maximum Gasteiger partial charge on any atom is 0.259 e. The Bertz CT molecular complexity index is 1220. The number of nitrogens with one attached hydrogen (secondary N) is 1. The molecule has 1 N–H and O–H groups in total. The van der Waals surface area contributed by atoms with Gasteiger partial charge in [-0.2, -0.15) is 0 Å². The molecule has 6 nitrogen and oxygen atoms in total. The maximum atomic E-state index is 14.2. The zero-order valence-electron chi connectivity index (χ0n) is 18.0. The number of carbonyl (C=O) groups excluding carboxylic acids is 1. The molecule has 0 atom stereocenters. The minimum atomic E-state index is -0.553. The van der Waals surface area contributed by atoms with Crippen LogP contribution in [0.1, 0.15) is 23.7 Å². The normalized spacial score (nSPS) is 13.6. The van der Waals surface area contributed by atoms with Crippen molar-refractivity contribution < 1.29 is 13.6 Å². The monoisotopic (exact) mass is 438 g/mol. The summed E-state index contributed by atoms with van der Waals surface area (Å²) in [6, 6.07) is 10.1. The number of anilines is 1. The van der Waals surface area contributed by atoms with Crippen molar-refractivity contribution in [3.8, 4) is 11.4 Å². The quantitative estimate of drug-likeness (QED) is 0.662. The fourth-order valence-electron chi connectivity index (χ4n) is 3.86. The highest BCUT2D eigenvalue weighted by atomic mass is 19.1. The van der Waals surface area contributed by atoms with E-state index < -0.39 is 17.5 Å². The van der Waals surface area contributed by atoms with Gasteiger partial charge in [-0.1, -0.05) is 13.0 Å². The van der Waals surface area contributed by atoms with E-state index in [9.17, 15) is 18.4 Å². The number of hydrogen-bond acceptors (Lipinski definition) is 4. The van der Waals surface area contributed by atoms with Gasteiger partial charge in [0.15, 0.2) is 0 Å². The number of aromatic nitrogens is 2. The van der Waals surface area contributed by atoms with Gasteiger partial charge in [0.05, 0.1) is 16.9 Å². The standard InChI is InChI=1S/C24H24F2N4O2/c1-3-29-11-10-20-18(13-29)24(32)30(23(28-20)16-5-7-17(25)8-6-16)14-22(31)27-21-9-4-15(2)12-19(21)26/h4-9,12H,3,10-11,13-14H2,1-2H3,(H,27,31). The Balaban J connectivity index is 1.74. The van der Waals surface area contributed by atoms with E-state index in [2.05, 4.69) is 10.2 Å². The number of amides is 1. The van der Waals surface area contributed by atoms with Crippen molar-refractivity contribution in [1.29, 1.82) is 0 Å². The number of aryl methyl sites for hydroxylation is 1. The number of fused-ring (bicyclic) bond motifs is 1. The molecule has 2 aromatic carbocycles. The van der Waals surface area contributed by atoms with Gasteiger partial charge in [0.1, 0.15) is 24.0 Å². The SMILES string of the molecule is CCN1CCc2nc(-c3ccc(F)cc3)n(CC(=O)Nc3ccc(C)cc3F)c(=O)c2C1. The first-order valence-electron chi connectivity index (χ1n) is 10.5. The molecule has 1 amide bonds. The fourth-order valence-corrected chi connectivity index (χ4v) is 3.86. The van der Waals surface area contributed by atoms with Crippen molar-refractivity contribution in [2.75, 3.05) is 18.4 Å². The average Bonchev–Trinajstić information content (AvgIpc) is 2.78. The summed E-state index contributed by atoms with van der Waals surface area (Å²) in [6.45, 7) is 5.47. The highest BCUT2D eigenvalue weighted by Crippen LogP contribution is 2.22. The summed E-state index contributed by atoms with van der Waals surface area (Å²) in [6.07, 6.45) is 0.619. The zero-order chi connectivity index (χ0) is 22.8. The van der Waals surface area contributed by atoms with Crippen molar-refractivity contribution in [1.82, 2.24) is 14.5 Å². The van der Waals surface area contributed by atoms with Crippen molar-refractivity contribution in [2.45, 2.75) is 33.4 Å². The molecule has 0 bridgehead atoms. The van der Waals surface area contributed by atoms with Gasteiger partial charge >= 0.3 is 0 Å². The summed E-state index contributed by atoms with van der Waals surface area (Å²) in [5, 5.41) is 2.53. The molecular formula is C24H24F2N4O2. The third-order valence-corrected chi connectivity index (χ3v) is 5.64. The van der Waals surface area contributed by atoms with E-state index in [4.69, 9.17) is 4.98 Å². The Hall–Kier alpha value is -3.39. The summed E-state index contributed by atoms with van der Waals surface area (Å²) in [7, 11) is 0. The highest BCUT2D eigenvalue weighted by Gasteiger charge is 2.24. The molecule has 0 unspecified atom stereocenters. The zero-order valence-corrected chi connectivity index (χ0v) is 18.0. The van der Waals surface area contributed by atoms with E-state index in [1.54, 1.807) is 13.0 Å². The van der Waals surface area contributed by atoms with Gasteiger partial charge in [0.25, 0.3) is 5.56 Å². The first-order chi connectivity index (χ1) is 15.4. The van der Waals surface area contributed by atoms with E-state index >= 15 is 0 Å². The molecule has 0 saturated carbocycles. The van der Waals surface area contributed by atoms with Crippen molar-refractivity contribution in [2.24, 2.45) is 0 Å². The van der Waals surface area contributed by atoms with E-state index in [-0.39, 0.29) is 17.8 Å². The van der Waals surface area contributed by atoms with Crippen LogP contribution in [0.3, 0.4) is 0 Å². The largest absolute Gasteiger partial charge is 0.322 e. The smallest absolute Gasteiger partial charge is 0.259 e. The Kier molecular flexibility index (Phi) is 6.14. The van der Waals surface area contributed by atoms with Crippen LogP contribution in [-0.2, 0) is 24.3 Å². The lowest BCUT2D eigenvalue weighted by atomic mass is 10.1. The van der Waals surface area contributed by atoms with E-state index in [0.29, 0.717) is 35.6 Å². The fraction of sp³-hybridized carbons (Fsp3) is 0.292. The lowest BCUT2D eigenvalue weighted by Gasteiger charge is -2.27. The second kappa shape index (κ2) is 9.00. The van der Waals surface area contributed by atoms with Crippen molar-refractivity contribution in [3.05, 3.63) is 81.3 Å². The van der Waals surface area contributed by atoms with Gasteiger partial charge in [-0.15, -0.1) is 0 Å². The molecule has 0 aliphatic carbocycles. The molecule has 3 aromatic rings. The van der Waals surface area contributed by atoms with Crippen LogP contribution in [0.25, 0.3) is 11.4 Å². The molecule has 32 heavy (non-hydrogen) atoms. The molecule has 0 spiro atoms. The number of hydrogen-bond donors (Lipinski definition) is 1. The predicted molar refractivity (Wildman–Crippen MR) is 118 cm³/mol. The molecule has 0 fully saturated rings. The summed E-state index contributed by atoms with van der Waals surface area (Å²) in [5.41, 5.74) is 2.24. The first-order valence-corrected chi connectivity index (χ1v) is 10.5. The van der Waals surface area contributed by atoms with Crippen LogP contribution in [0.4, 0.5) is 14.5 Å². The Labute approximate surface area is 184 Å². The Morgan fingerprint density at radius 1 is 1.16 bits per heavy atom. The summed E-state index contributed by atoms with van der Waals surface area (Å²) >= 11 is 0. The maximum absolute atomic E-state index is 14.2. The molecule has 8 heteroatoms. The van der Waals surface area contributed by atoms with E-state index in [1.807, 2.05) is 6.92 Å². The number of halogens is 2. The van der Waals surface area contributed by atoms with Gasteiger partial charge in [-0.25, -0.2) is 13.8 Å². The minimum Gasteiger partial charge on any atom is -0.322 e. The number of nitrogens with zero attached hydrogens (tertiary/aromatic N) is 3. The second-order valence-electron chi connectivity index (χ2n) is 7.91. The second-order valence-corrected chi connectivity index (χ2v) is 7.91. The van der Waals surface area contributed by atoms with Crippen LogP contribution < -0.4 is 10.9 Å². The molecule has 0 radical (unpaired) electrons. The van der Waals surface area contributed by atoms with Gasteiger partial charge < -0.3 is 5.32 Å². The van der Waals surface area contributed by atoms with Crippen LogP contribution in [0.15, 0.2) is 47.3 Å². The number of likely N-dealkylation sites (N-methyl/N-ethyl adjacent to an activating group) is 1. The molecule has 4 rings (SSSR count). The molecule has 1 aromatic heterocycles. The summed E-state index contributed by atoms with van der Waals surface area (Å²) < 4.78 is 28.9. The van der Waals surface area contributed by atoms with Gasteiger partial charge in [-0.3, -0.25) is 19.1 Å².